The highest BCUT2D eigenvalue weighted by atomic mass is 16.2. The van der Waals surface area contributed by atoms with E-state index in [2.05, 4.69) is 16.0 Å². The van der Waals surface area contributed by atoms with Crippen LogP contribution in [0.15, 0.2) is 0 Å². The summed E-state index contributed by atoms with van der Waals surface area (Å²) in [6.07, 6.45) is 7.92. The summed E-state index contributed by atoms with van der Waals surface area (Å²) in [5, 5.41) is 8.50. The number of nitrogens with one attached hydrogen (secondary N) is 3. The van der Waals surface area contributed by atoms with Gasteiger partial charge in [-0.05, 0) is 12.8 Å². The van der Waals surface area contributed by atoms with Crippen molar-refractivity contribution >= 4 is 17.8 Å². The molecule has 0 spiro atoms. The third-order valence-corrected chi connectivity index (χ3v) is 4.21. The first kappa shape index (κ1) is 16.7. The van der Waals surface area contributed by atoms with E-state index in [0.29, 0.717) is 19.1 Å². The van der Waals surface area contributed by atoms with Crippen LogP contribution < -0.4 is 16.0 Å². The number of imide groups is 1. The van der Waals surface area contributed by atoms with Gasteiger partial charge in [-0.15, -0.1) is 0 Å². The second kappa shape index (κ2) is 8.73. The number of rotatable bonds is 6. The minimum absolute atomic E-state index is 0.00252. The smallest absolute Gasteiger partial charge is 0.324 e. The molecule has 1 aliphatic heterocycles. The fraction of sp³-hybridized carbons (Fsp3) is 0.800. The summed E-state index contributed by atoms with van der Waals surface area (Å²) in [7, 11) is 0. The van der Waals surface area contributed by atoms with E-state index in [4.69, 9.17) is 0 Å². The predicted octanol–water partition coefficient (Wildman–Crippen LogP) is 0.357. The summed E-state index contributed by atoms with van der Waals surface area (Å²) >= 11 is 0. The summed E-state index contributed by atoms with van der Waals surface area (Å²) < 4.78 is 0. The van der Waals surface area contributed by atoms with Crippen LogP contribution in [0.3, 0.4) is 0 Å². The lowest BCUT2D eigenvalue weighted by atomic mass is 10.1. The molecule has 7 nitrogen and oxygen atoms in total. The number of carbonyl (C=O) groups is 3. The van der Waals surface area contributed by atoms with Crippen molar-refractivity contribution in [2.45, 2.75) is 51.0 Å². The van der Waals surface area contributed by atoms with Gasteiger partial charge in [-0.25, -0.2) is 4.79 Å². The van der Waals surface area contributed by atoms with Crippen molar-refractivity contribution in [2.75, 3.05) is 26.2 Å². The molecule has 2 fully saturated rings. The minimum Gasteiger partial charge on any atom is -0.353 e. The van der Waals surface area contributed by atoms with E-state index in [9.17, 15) is 14.4 Å². The van der Waals surface area contributed by atoms with E-state index in [1.54, 1.807) is 0 Å². The number of hydrogen-bond donors (Lipinski definition) is 3. The molecule has 22 heavy (non-hydrogen) atoms. The van der Waals surface area contributed by atoms with E-state index in [-0.39, 0.29) is 24.8 Å². The molecule has 0 atom stereocenters. The quantitative estimate of drug-likeness (QED) is 0.488. The van der Waals surface area contributed by atoms with Crippen LogP contribution in [-0.2, 0) is 9.59 Å². The van der Waals surface area contributed by atoms with Gasteiger partial charge < -0.3 is 15.5 Å². The maximum absolute atomic E-state index is 11.8. The van der Waals surface area contributed by atoms with Gasteiger partial charge in [0.25, 0.3) is 0 Å². The van der Waals surface area contributed by atoms with Gasteiger partial charge in [-0.1, -0.05) is 25.7 Å². The molecule has 1 aliphatic carbocycles. The Kier molecular flexibility index (Phi) is 6.64. The number of carbonyl (C=O) groups excluding carboxylic acids is 3. The average molecular weight is 310 g/mol. The molecule has 1 heterocycles. The van der Waals surface area contributed by atoms with Crippen LogP contribution in [0.2, 0.25) is 0 Å². The van der Waals surface area contributed by atoms with Crippen molar-refractivity contribution in [1.29, 1.82) is 0 Å². The Morgan fingerprint density at radius 3 is 2.55 bits per heavy atom. The normalized spacial score (nSPS) is 20.5. The largest absolute Gasteiger partial charge is 0.353 e. The molecule has 124 valence electrons. The number of hydrogen-bond acceptors (Lipinski definition) is 4. The third-order valence-electron chi connectivity index (χ3n) is 4.21. The number of nitrogens with zero attached hydrogens (tertiary/aromatic N) is 1. The van der Waals surface area contributed by atoms with Crippen molar-refractivity contribution in [1.82, 2.24) is 20.9 Å². The monoisotopic (exact) mass is 310 g/mol. The van der Waals surface area contributed by atoms with Gasteiger partial charge in [-0.3, -0.25) is 14.9 Å². The topological polar surface area (TPSA) is 90.5 Å². The fourth-order valence-electron chi connectivity index (χ4n) is 2.94. The van der Waals surface area contributed by atoms with Gasteiger partial charge in [0.1, 0.15) is 6.54 Å². The van der Waals surface area contributed by atoms with Crippen LogP contribution in [0.1, 0.15) is 44.9 Å². The Labute approximate surface area is 131 Å². The molecular formula is C15H26N4O3. The lowest BCUT2D eigenvalue weighted by molar-refractivity contribution is -0.125. The molecule has 1 saturated carbocycles. The van der Waals surface area contributed by atoms with E-state index >= 15 is 0 Å². The van der Waals surface area contributed by atoms with Crippen molar-refractivity contribution in [3.63, 3.8) is 0 Å². The lowest BCUT2D eigenvalue weighted by Crippen LogP contribution is -2.52. The van der Waals surface area contributed by atoms with Gasteiger partial charge >= 0.3 is 6.03 Å². The standard InChI is InChI=1S/C15H26N4O3/c20-13-7-10-19(15(22)18-13)11-14(21)17-9-8-16-12-5-3-1-2-4-6-12/h12,16H,1-11H2,(H,17,21)(H,18,20,22). The molecular weight excluding hydrogens is 284 g/mol. The zero-order chi connectivity index (χ0) is 15.8. The zero-order valence-corrected chi connectivity index (χ0v) is 13.0. The Morgan fingerprint density at radius 1 is 1.14 bits per heavy atom. The molecule has 3 N–H and O–H groups in total. The molecule has 2 rings (SSSR count). The van der Waals surface area contributed by atoms with Crippen LogP contribution in [0, 0.1) is 0 Å². The second-order valence-corrected chi connectivity index (χ2v) is 6.02. The highest BCUT2D eigenvalue weighted by Crippen LogP contribution is 2.16. The van der Waals surface area contributed by atoms with Crippen LogP contribution >= 0.6 is 0 Å². The third kappa shape index (κ3) is 5.63. The molecule has 0 aromatic carbocycles. The lowest BCUT2D eigenvalue weighted by Gasteiger charge is -2.25. The first-order valence-corrected chi connectivity index (χ1v) is 8.24. The molecule has 4 amide bonds. The summed E-state index contributed by atoms with van der Waals surface area (Å²) in [5.41, 5.74) is 0. The van der Waals surface area contributed by atoms with Gasteiger partial charge in [0.15, 0.2) is 0 Å². The summed E-state index contributed by atoms with van der Waals surface area (Å²) in [6, 6.07) is 0.0845. The SMILES string of the molecule is O=C(CN1CCC(=O)NC1=O)NCCNC1CCCCCC1. The highest BCUT2D eigenvalue weighted by Gasteiger charge is 2.24. The molecule has 0 aromatic heterocycles. The van der Waals surface area contributed by atoms with Gasteiger partial charge in [-0.2, -0.15) is 0 Å². The molecule has 0 bridgehead atoms. The predicted molar refractivity (Wildman–Crippen MR) is 82.2 cm³/mol. The Bertz CT molecular complexity index is 406. The van der Waals surface area contributed by atoms with Crippen LogP contribution in [0.25, 0.3) is 0 Å². The van der Waals surface area contributed by atoms with E-state index in [1.807, 2.05) is 0 Å². The second-order valence-electron chi connectivity index (χ2n) is 6.02. The van der Waals surface area contributed by atoms with Crippen molar-refractivity contribution < 1.29 is 14.4 Å². The van der Waals surface area contributed by atoms with Gasteiger partial charge in [0.05, 0.1) is 0 Å². The number of urea groups is 1. The first-order valence-electron chi connectivity index (χ1n) is 8.24. The minimum atomic E-state index is -0.483. The van der Waals surface area contributed by atoms with E-state index < -0.39 is 6.03 Å². The van der Waals surface area contributed by atoms with Gasteiger partial charge in [0, 0.05) is 32.1 Å². The van der Waals surface area contributed by atoms with Crippen molar-refractivity contribution in [2.24, 2.45) is 0 Å². The fourth-order valence-corrected chi connectivity index (χ4v) is 2.94. The Morgan fingerprint density at radius 2 is 1.86 bits per heavy atom. The number of amides is 4. The Hall–Kier alpha value is -1.63. The summed E-state index contributed by atoms with van der Waals surface area (Å²) in [5.74, 6) is -0.471. The highest BCUT2D eigenvalue weighted by molar-refractivity contribution is 5.98. The Balaban J connectivity index is 1.57. The van der Waals surface area contributed by atoms with E-state index in [1.165, 1.54) is 43.4 Å². The van der Waals surface area contributed by atoms with Crippen molar-refractivity contribution in [3.05, 3.63) is 0 Å². The maximum Gasteiger partial charge on any atom is 0.324 e. The van der Waals surface area contributed by atoms with Crippen LogP contribution in [0.5, 0.6) is 0 Å². The van der Waals surface area contributed by atoms with Gasteiger partial charge in [0.2, 0.25) is 11.8 Å². The summed E-state index contributed by atoms with van der Waals surface area (Å²) in [4.78, 5) is 35.7. The molecule has 1 saturated heterocycles. The molecule has 0 aromatic rings. The maximum atomic E-state index is 11.8. The molecule has 0 radical (unpaired) electrons. The van der Waals surface area contributed by atoms with E-state index in [0.717, 1.165) is 6.54 Å². The van der Waals surface area contributed by atoms with Crippen LogP contribution in [0.4, 0.5) is 4.79 Å². The summed E-state index contributed by atoms with van der Waals surface area (Å²) in [6.45, 7) is 1.62. The van der Waals surface area contributed by atoms with Crippen molar-refractivity contribution in [3.8, 4) is 0 Å². The molecule has 2 aliphatic rings. The first-order chi connectivity index (χ1) is 10.6. The van der Waals surface area contributed by atoms with Crippen LogP contribution in [-0.4, -0.2) is 55.0 Å². The average Bonchev–Trinajstić information content (AvgIpc) is 2.75. The zero-order valence-electron chi connectivity index (χ0n) is 13.0. The molecule has 7 heteroatoms. The molecule has 0 unspecified atom stereocenters.